The average Bonchev–Trinajstić information content (AvgIpc) is 3.13. The summed E-state index contributed by atoms with van der Waals surface area (Å²) < 4.78 is 55.7. The monoisotopic (exact) mass is 424 g/mol. The number of hydrogen-bond donors (Lipinski definition) is 0. The minimum atomic E-state index is -4.86. The van der Waals surface area contributed by atoms with Crippen molar-refractivity contribution in [3.05, 3.63) is 46.6 Å². The van der Waals surface area contributed by atoms with Gasteiger partial charge in [0.15, 0.2) is 22.8 Å². The zero-order valence-electron chi connectivity index (χ0n) is 14.8. The van der Waals surface area contributed by atoms with Gasteiger partial charge in [-0.3, -0.25) is 0 Å². The average molecular weight is 425 g/mol. The molecule has 6 nitrogen and oxygen atoms in total. The molecule has 4 rings (SSSR count). The summed E-state index contributed by atoms with van der Waals surface area (Å²) in [5.41, 5.74) is -1.52. The van der Waals surface area contributed by atoms with Crippen molar-refractivity contribution in [1.82, 2.24) is 9.97 Å². The molecule has 0 aliphatic carbocycles. The molecule has 0 saturated carbocycles. The molecule has 3 heterocycles. The Morgan fingerprint density at radius 3 is 2.66 bits per heavy atom. The molecule has 3 aromatic rings. The van der Waals surface area contributed by atoms with Crippen molar-refractivity contribution in [2.75, 3.05) is 13.4 Å². The summed E-state index contributed by atoms with van der Waals surface area (Å²) in [6.45, 7) is 1.50. The van der Waals surface area contributed by atoms with Crippen LogP contribution in [-0.2, 0) is 10.9 Å². The maximum absolute atomic E-state index is 13.5. The molecule has 0 amide bonds. The lowest BCUT2D eigenvalue weighted by Crippen LogP contribution is -2.17. The topological polar surface area (TPSA) is 70.5 Å². The Hall–Kier alpha value is -3.07. The van der Waals surface area contributed by atoms with E-state index in [2.05, 4.69) is 9.97 Å². The van der Waals surface area contributed by atoms with Gasteiger partial charge in [-0.1, -0.05) is 11.6 Å². The van der Waals surface area contributed by atoms with E-state index in [1.807, 2.05) is 0 Å². The first-order chi connectivity index (χ1) is 13.8. The predicted octanol–water partition coefficient (Wildman–Crippen LogP) is 4.87. The number of pyridine rings is 2. The number of aromatic nitrogens is 2. The molecule has 0 unspecified atom stereocenters. The van der Waals surface area contributed by atoms with Crippen LogP contribution in [0.2, 0.25) is 5.02 Å². The number of fused-ring (bicyclic) bond motifs is 2. The lowest BCUT2D eigenvalue weighted by atomic mass is 10.1. The van der Waals surface area contributed by atoms with Crippen molar-refractivity contribution < 1.29 is 32.2 Å². The summed E-state index contributed by atoms with van der Waals surface area (Å²) in [6, 6.07) is 7.37. The molecule has 2 aromatic heterocycles. The van der Waals surface area contributed by atoms with Crippen LogP contribution in [0.1, 0.15) is 23.0 Å². The second-order valence-corrected chi connectivity index (χ2v) is 6.44. The lowest BCUT2D eigenvalue weighted by molar-refractivity contribution is -0.141. The van der Waals surface area contributed by atoms with Crippen LogP contribution in [0.5, 0.6) is 11.5 Å². The van der Waals surface area contributed by atoms with Crippen LogP contribution in [0.4, 0.5) is 13.2 Å². The van der Waals surface area contributed by atoms with Crippen LogP contribution in [0, 0.1) is 0 Å². The van der Waals surface area contributed by atoms with Crippen molar-refractivity contribution in [3.63, 3.8) is 0 Å². The smallest absolute Gasteiger partial charge is 0.434 e. The zero-order valence-corrected chi connectivity index (χ0v) is 15.6. The van der Waals surface area contributed by atoms with Crippen molar-refractivity contribution >= 4 is 28.6 Å². The van der Waals surface area contributed by atoms with Gasteiger partial charge in [0.25, 0.3) is 0 Å². The Kier molecular flexibility index (Phi) is 4.70. The first kappa shape index (κ1) is 19.3. The predicted molar refractivity (Wildman–Crippen MR) is 97.1 cm³/mol. The van der Waals surface area contributed by atoms with Crippen molar-refractivity contribution in [1.29, 1.82) is 0 Å². The molecular formula is C19H12ClF3N2O4. The number of halogens is 4. The summed E-state index contributed by atoms with van der Waals surface area (Å²) in [7, 11) is 0. The molecule has 1 aromatic carbocycles. The fraction of sp³-hybridized carbons (Fsp3) is 0.211. The molecule has 29 heavy (non-hydrogen) atoms. The molecule has 1 aliphatic rings. The molecule has 0 bridgehead atoms. The van der Waals surface area contributed by atoms with Gasteiger partial charge in [0.05, 0.1) is 22.9 Å². The summed E-state index contributed by atoms with van der Waals surface area (Å²) in [5, 5.41) is 0.350. The number of alkyl halides is 3. The third-order valence-corrected chi connectivity index (χ3v) is 4.45. The van der Waals surface area contributed by atoms with Crippen LogP contribution in [0.25, 0.3) is 22.3 Å². The van der Waals surface area contributed by atoms with Gasteiger partial charge in [-0.25, -0.2) is 14.8 Å². The lowest BCUT2D eigenvalue weighted by Gasteiger charge is -2.13. The maximum atomic E-state index is 13.5. The van der Waals surface area contributed by atoms with Gasteiger partial charge in [-0.2, -0.15) is 13.2 Å². The standard InChI is InChI=1S/C19H12ClF3N2O4/c1-2-27-18(26)11-5-10-6-12(20)15(24-17(10)25-16(11)19(21,22)23)9-3-4-13-14(7-9)29-8-28-13/h3-7H,2,8H2,1H3. The van der Waals surface area contributed by atoms with E-state index in [1.165, 1.54) is 13.0 Å². The van der Waals surface area contributed by atoms with Crippen LogP contribution in [0.15, 0.2) is 30.3 Å². The number of rotatable bonds is 3. The Morgan fingerprint density at radius 1 is 1.17 bits per heavy atom. The summed E-state index contributed by atoms with van der Waals surface area (Å²) in [4.78, 5) is 19.8. The van der Waals surface area contributed by atoms with Gasteiger partial charge in [0.2, 0.25) is 6.79 Å². The van der Waals surface area contributed by atoms with E-state index in [4.69, 9.17) is 25.8 Å². The Morgan fingerprint density at radius 2 is 1.93 bits per heavy atom. The second kappa shape index (κ2) is 7.07. The molecular weight excluding hydrogens is 413 g/mol. The normalized spacial score (nSPS) is 13.0. The highest BCUT2D eigenvalue weighted by atomic mass is 35.5. The third-order valence-electron chi connectivity index (χ3n) is 4.17. The summed E-state index contributed by atoms with van der Waals surface area (Å²) in [5.74, 6) is -0.102. The third kappa shape index (κ3) is 3.53. The number of benzene rings is 1. The molecule has 10 heteroatoms. The van der Waals surface area contributed by atoms with Crippen molar-refractivity contribution in [2.24, 2.45) is 0 Å². The van der Waals surface area contributed by atoms with E-state index >= 15 is 0 Å². The SMILES string of the molecule is CCOC(=O)c1cc2cc(Cl)c(-c3ccc4c(c3)OCO4)nc2nc1C(F)(F)F. The molecule has 0 spiro atoms. The molecule has 0 atom stereocenters. The number of ether oxygens (including phenoxy) is 3. The minimum absolute atomic E-state index is 0.0732. The fourth-order valence-electron chi connectivity index (χ4n) is 2.91. The highest BCUT2D eigenvalue weighted by molar-refractivity contribution is 6.33. The quantitative estimate of drug-likeness (QED) is 0.558. The summed E-state index contributed by atoms with van der Waals surface area (Å²) in [6.07, 6.45) is -4.86. The van der Waals surface area contributed by atoms with Gasteiger partial charge in [0.1, 0.15) is 0 Å². The Bertz CT molecular complexity index is 1130. The summed E-state index contributed by atoms with van der Waals surface area (Å²) >= 11 is 6.31. The van der Waals surface area contributed by atoms with Gasteiger partial charge in [-0.05, 0) is 37.3 Å². The molecule has 1 aliphatic heterocycles. The second-order valence-electron chi connectivity index (χ2n) is 6.04. The number of esters is 1. The number of nitrogens with zero attached hydrogens (tertiary/aromatic N) is 2. The fourth-order valence-corrected chi connectivity index (χ4v) is 3.17. The van der Waals surface area contributed by atoms with Crippen LogP contribution in [0.3, 0.4) is 0 Å². The minimum Gasteiger partial charge on any atom is -0.462 e. The van der Waals surface area contributed by atoms with Crippen molar-refractivity contribution in [3.8, 4) is 22.8 Å². The van der Waals surface area contributed by atoms with E-state index in [1.54, 1.807) is 18.2 Å². The molecule has 0 radical (unpaired) electrons. The number of carbonyl (C=O) groups excluding carboxylic acids is 1. The molecule has 0 saturated heterocycles. The highest BCUT2D eigenvalue weighted by Crippen LogP contribution is 2.39. The molecule has 0 fully saturated rings. The van der Waals surface area contributed by atoms with Crippen LogP contribution < -0.4 is 9.47 Å². The zero-order chi connectivity index (χ0) is 20.8. The number of carbonyl (C=O) groups is 1. The first-order valence-corrected chi connectivity index (χ1v) is 8.81. The largest absolute Gasteiger partial charge is 0.462 e. The number of hydrogen-bond acceptors (Lipinski definition) is 6. The van der Waals surface area contributed by atoms with E-state index < -0.39 is 23.4 Å². The van der Waals surface area contributed by atoms with Gasteiger partial charge >= 0.3 is 12.1 Å². The van der Waals surface area contributed by atoms with E-state index in [9.17, 15) is 18.0 Å². The first-order valence-electron chi connectivity index (χ1n) is 8.43. The van der Waals surface area contributed by atoms with E-state index in [-0.39, 0.29) is 35.1 Å². The van der Waals surface area contributed by atoms with Crippen LogP contribution in [-0.4, -0.2) is 29.3 Å². The van der Waals surface area contributed by atoms with Crippen LogP contribution >= 0.6 is 11.6 Å². The van der Waals surface area contributed by atoms with Gasteiger partial charge < -0.3 is 14.2 Å². The highest BCUT2D eigenvalue weighted by Gasteiger charge is 2.38. The van der Waals surface area contributed by atoms with Crippen molar-refractivity contribution in [2.45, 2.75) is 13.1 Å². The van der Waals surface area contributed by atoms with Gasteiger partial charge in [0, 0.05) is 10.9 Å². The van der Waals surface area contributed by atoms with Gasteiger partial charge in [-0.15, -0.1) is 0 Å². The van der Waals surface area contributed by atoms with E-state index in [0.29, 0.717) is 17.1 Å². The Labute approximate surface area is 167 Å². The molecule has 0 N–H and O–H groups in total. The maximum Gasteiger partial charge on any atom is 0.434 e. The van der Waals surface area contributed by atoms with E-state index in [0.717, 1.165) is 6.07 Å². The molecule has 150 valence electrons. The Balaban J connectivity index is 1.89.